The molecule has 1 atom stereocenters. The number of carbonyl (C=O) groups is 1. The van der Waals surface area contributed by atoms with Gasteiger partial charge in [-0.25, -0.2) is 18.1 Å². The second kappa shape index (κ2) is 10.8. The van der Waals surface area contributed by atoms with Crippen LogP contribution >= 0.6 is 11.6 Å². The highest BCUT2D eigenvalue weighted by Gasteiger charge is 2.36. The third-order valence-electron chi connectivity index (χ3n) is 6.46. The van der Waals surface area contributed by atoms with E-state index >= 15 is 0 Å². The molecule has 4 heterocycles. The number of fused-ring (bicyclic) bond motifs is 1. The van der Waals surface area contributed by atoms with Gasteiger partial charge in [-0.2, -0.15) is 28.4 Å². The highest BCUT2D eigenvalue weighted by atomic mass is 35.5. The van der Waals surface area contributed by atoms with Crippen LogP contribution in [0.4, 0.5) is 27.9 Å². The van der Waals surface area contributed by atoms with E-state index in [0.29, 0.717) is 40.7 Å². The van der Waals surface area contributed by atoms with E-state index in [1.807, 2.05) is 13.8 Å². The van der Waals surface area contributed by atoms with Crippen LogP contribution in [0.15, 0.2) is 36.5 Å². The number of aryl methyl sites for hydroxylation is 1. The molecule has 0 saturated heterocycles. The molecule has 0 fully saturated rings. The van der Waals surface area contributed by atoms with Crippen molar-refractivity contribution in [2.45, 2.75) is 58.4 Å². The first-order valence-electron chi connectivity index (χ1n) is 12.5. The van der Waals surface area contributed by atoms with Gasteiger partial charge < -0.3 is 4.74 Å². The molecule has 1 unspecified atom stereocenters. The van der Waals surface area contributed by atoms with Crippen molar-refractivity contribution in [3.05, 3.63) is 52.8 Å². The van der Waals surface area contributed by atoms with E-state index in [9.17, 15) is 26.7 Å². The van der Waals surface area contributed by atoms with E-state index in [1.54, 1.807) is 28.4 Å². The number of rotatable bonds is 8. The monoisotopic (exact) mass is 598 g/mol. The number of amides is 1. The number of hydrogen-bond acceptors (Lipinski definition) is 6. The fraction of sp³-hybridized carbons (Fsp3) is 0.400. The van der Waals surface area contributed by atoms with Gasteiger partial charge in [0.05, 0.1) is 29.5 Å². The highest BCUT2D eigenvalue weighted by Crippen LogP contribution is 2.36. The summed E-state index contributed by atoms with van der Waals surface area (Å²) in [7, 11) is 0. The lowest BCUT2D eigenvalue weighted by Gasteiger charge is -2.31. The summed E-state index contributed by atoms with van der Waals surface area (Å²) in [4.78, 5) is 19.2. The highest BCUT2D eigenvalue weighted by molar-refractivity contribution is 6.32. The lowest BCUT2D eigenvalue weighted by molar-refractivity contribution is -0.141. The molecule has 41 heavy (non-hydrogen) atoms. The van der Waals surface area contributed by atoms with E-state index in [0.717, 1.165) is 4.68 Å². The number of nitrogens with zero attached hydrogens (tertiary/aromatic N) is 8. The van der Waals surface area contributed by atoms with Crippen LogP contribution in [0.3, 0.4) is 0 Å². The van der Waals surface area contributed by atoms with Gasteiger partial charge in [-0.1, -0.05) is 23.7 Å². The molecule has 0 N–H and O–H groups in total. The minimum Gasteiger partial charge on any atom is -0.471 e. The van der Waals surface area contributed by atoms with Gasteiger partial charge in [0.1, 0.15) is 5.69 Å². The van der Waals surface area contributed by atoms with Crippen molar-refractivity contribution in [2.75, 3.05) is 11.5 Å². The summed E-state index contributed by atoms with van der Waals surface area (Å²) in [6, 6.07) is 6.11. The smallest absolute Gasteiger partial charge is 0.435 e. The molecular weight excluding hydrogens is 575 g/mol. The zero-order valence-corrected chi connectivity index (χ0v) is 22.7. The molecule has 16 heteroatoms. The first-order chi connectivity index (χ1) is 19.3. The number of hydrogen-bond donors (Lipinski definition) is 0. The van der Waals surface area contributed by atoms with Gasteiger partial charge in [0.25, 0.3) is 6.43 Å². The predicted molar refractivity (Wildman–Crippen MR) is 137 cm³/mol. The lowest BCUT2D eigenvalue weighted by atomic mass is 10.1. The van der Waals surface area contributed by atoms with E-state index < -0.39 is 36.8 Å². The van der Waals surface area contributed by atoms with Crippen LogP contribution in [-0.2, 0) is 17.5 Å². The minimum absolute atomic E-state index is 0.0171. The maximum absolute atomic E-state index is 13.3. The van der Waals surface area contributed by atoms with Crippen molar-refractivity contribution < 1.29 is 31.5 Å². The van der Waals surface area contributed by atoms with Gasteiger partial charge in [-0.3, -0.25) is 14.4 Å². The standard InChI is InChI=1S/C25H24ClF5N8O2/c1-13(2)38-22(17(26)11-32-38)23-33-24-36(35-23)9-8-20(40)37(24)14(3)15-4-6-16(7-5-15)39-21(41-12-19(27)28)10-18(34-39)25(29,30)31/h4-7,10-11,13-14,19H,8-9,12H2,1-3H3. The summed E-state index contributed by atoms with van der Waals surface area (Å²) in [6.07, 6.45) is -6.01. The molecule has 3 aromatic heterocycles. The maximum Gasteiger partial charge on any atom is 0.435 e. The van der Waals surface area contributed by atoms with Crippen LogP contribution in [0, 0.1) is 0 Å². The Morgan fingerprint density at radius 2 is 1.80 bits per heavy atom. The molecule has 218 valence electrons. The zero-order valence-electron chi connectivity index (χ0n) is 22.0. The van der Waals surface area contributed by atoms with Crippen LogP contribution in [0.1, 0.15) is 50.5 Å². The average molecular weight is 599 g/mol. The molecule has 10 nitrogen and oxygen atoms in total. The van der Waals surface area contributed by atoms with E-state index in [-0.39, 0.29) is 24.1 Å². The number of halogens is 6. The number of alkyl halides is 5. The van der Waals surface area contributed by atoms with Crippen LogP contribution in [0.2, 0.25) is 5.02 Å². The fourth-order valence-electron chi connectivity index (χ4n) is 4.51. The molecule has 0 spiro atoms. The Balaban J connectivity index is 1.46. The summed E-state index contributed by atoms with van der Waals surface area (Å²) >= 11 is 6.38. The second-order valence-corrected chi connectivity index (χ2v) is 10.0. The molecule has 1 amide bonds. The lowest BCUT2D eigenvalue weighted by Crippen LogP contribution is -2.39. The molecule has 1 aromatic carbocycles. The van der Waals surface area contributed by atoms with Crippen molar-refractivity contribution in [3.63, 3.8) is 0 Å². The fourth-order valence-corrected chi connectivity index (χ4v) is 4.72. The largest absolute Gasteiger partial charge is 0.471 e. The van der Waals surface area contributed by atoms with Crippen molar-refractivity contribution in [2.24, 2.45) is 0 Å². The summed E-state index contributed by atoms with van der Waals surface area (Å²) in [5, 5.41) is 12.7. The van der Waals surface area contributed by atoms with Gasteiger partial charge in [0.15, 0.2) is 12.3 Å². The molecule has 5 rings (SSSR count). The van der Waals surface area contributed by atoms with E-state index in [4.69, 9.17) is 16.3 Å². The Hall–Kier alpha value is -4.01. The Morgan fingerprint density at radius 1 is 1.10 bits per heavy atom. The van der Waals surface area contributed by atoms with E-state index in [2.05, 4.69) is 20.3 Å². The van der Waals surface area contributed by atoms with Gasteiger partial charge in [-0.05, 0) is 38.5 Å². The Labute approximate surface area is 235 Å². The van der Waals surface area contributed by atoms with Crippen molar-refractivity contribution in [1.29, 1.82) is 0 Å². The average Bonchev–Trinajstić information content (AvgIpc) is 3.63. The van der Waals surface area contributed by atoms with E-state index in [1.165, 1.54) is 23.2 Å². The summed E-state index contributed by atoms with van der Waals surface area (Å²) in [5.41, 5.74) is 0.0128. The van der Waals surface area contributed by atoms with Gasteiger partial charge in [0.2, 0.25) is 23.6 Å². The molecule has 0 bridgehead atoms. The number of carbonyl (C=O) groups excluding carboxylic acids is 1. The van der Waals surface area contributed by atoms with Gasteiger partial charge in [0, 0.05) is 18.5 Å². The molecule has 0 saturated carbocycles. The zero-order chi connectivity index (χ0) is 29.6. The molecule has 0 aliphatic carbocycles. The van der Waals surface area contributed by atoms with Crippen LogP contribution in [0.5, 0.6) is 5.88 Å². The van der Waals surface area contributed by atoms with Crippen molar-refractivity contribution in [3.8, 4) is 23.1 Å². The number of aromatic nitrogens is 7. The normalized spacial score (nSPS) is 14.7. The van der Waals surface area contributed by atoms with Crippen LogP contribution in [-0.4, -0.2) is 53.3 Å². The maximum atomic E-state index is 13.3. The number of ether oxygens (including phenoxy) is 1. The third kappa shape index (κ3) is 5.49. The van der Waals surface area contributed by atoms with Gasteiger partial charge in [-0.15, -0.1) is 5.10 Å². The third-order valence-corrected chi connectivity index (χ3v) is 6.73. The number of anilines is 1. The topological polar surface area (TPSA) is 95.9 Å². The van der Waals surface area contributed by atoms with Crippen molar-refractivity contribution in [1.82, 2.24) is 34.3 Å². The summed E-state index contributed by atoms with van der Waals surface area (Å²) in [5.74, 6) is -0.0514. The quantitative estimate of drug-likeness (QED) is 0.241. The molecule has 1 aliphatic rings. The molecule has 4 aromatic rings. The first-order valence-corrected chi connectivity index (χ1v) is 12.9. The Bertz CT molecular complexity index is 1560. The predicted octanol–water partition coefficient (Wildman–Crippen LogP) is 5.72. The van der Waals surface area contributed by atoms with Crippen LogP contribution < -0.4 is 9.64 Å². The number of benzene rings is 1. The molecular formula is C25H24ClF5N8O2. The molecule has 1 aliphatic heterocycles. The summed E-state index contributed by atoms with van der Waals surface area (Å²) < 4.78 is 74.1. The van der Waals surface area contributed by atoms with Gasteiger partial charge >= 0.3 is 6.18 Å². The SMILES string of the molecule is CC(c1ccc(-n2nc(C(F)(F)F)cc2OCC(F)F)cc1)N1C(=O)CCn2nc(-c3c(Cl)cnn3C(C)C)nc21. The van der Waals surface area contributed by atoms with Crippen molar-refractivity contribution >= 4 is 23.5 Å². The minimum atomic E-state index is -4.80. The summed E-state index contributed by atoms with van der Waals surface area (Å²) in [6.45, 7) is 4.87. The Kier molecular flexibility index (Phi) is 7.48. The van der Waals surface area contributed by atoms with Crippen LogP contribution in [0.25, 0.3) is 17.2 Å². The molecule has 0 radical (unpaired) electrons. The first kappa shape index (κ1) is 28.5. The second-order valence-electron chi connectivity index (χ2n) is 9.60. The Morgan fingerprint density at radius 3 is 2.44 bits per heavy atom.